The summed E-state index contributed by atoms with van der Waals surface area (Å²) in [5.41, 5.74) is 8.32. The van der Waals surface area contributed by atoms with E-state index in [2.05, 4.69) is 24.5 Å². The molecule has 0 unspecified atom stereocenters. The van der Waals surface area contributed by atoms with Gasteiger partial charge in [0, 0.05) is 56.2 Å². The molecule has 13 heteroatoms. The van der Waals surface area contributed by atoms with Crippen LogP contribution in [0.4, 0.5) is 17.7 Å². The third-order valence-corrected chi connectivity index (χ3v) is 7.14. The number of anilines is 3. The first kappa shape index (κ1) is 21.2. The van der Waals surface area contributed by atoms with Gasteiger partial charge in [-0.1, -0.05) is 0 Å². The molecule has 1 saturated carbocycles. The Hall–Kier alpha value is -2.61. The topological polar surface area (TPSA) is 149 Å². The summed E-state index contributed by atoms with van der Waals surface area (Å²) in [4.78, 5) is 22.4. The second-order valence-corrected chi connectivity index (χ2v) is 9.56. The summed E-state index contributed by atoms with van der Waals surface area (Å²) in [5.74, 6) is 1.75. The number of aromatic nitrogens is 4. The van der Waals surface area contributed by atoms with Crippen molar-refractivity contribution in [3.8, 4) is 11.3 Å². The van der Waals surface area contributed by atoms with E-state index >= 15 is 0 Å². The molecule has 0 aromatic carbocycles. The molecule has 172 valence electrons. The van der Waals surface area contributed by atoms with Crippen molar-refractivity contribution in [3.05, 3.63) is 18.0 Å². The Morgan fingerprint density at radius 3 is 2.56 bits per heavy atom. The zero-order valence-corrected chi connectivity index (χ0v) is 18.6. The summed E-state index contributed by atoms with van der Waals surface area (Å²) in [6, 6.07) is 0.163. The van der Waals surface area contributed by atoms with Crippen LogP contribution >= 0.6 is 0 Å². The van der Waals surface area contributed by atoms with E-state index in [9.17, 15) is 8.42 Å². The number of hydrogen-bond acceptors (Lipinski definition) is 11. The Bertz CT molecular complexity index is 1090. The third-order valence-electron chi connectivity index (χ3n) is 6.11. The normalized spacial score (nSPS) is 23.2. The molecule has 5 rings (SSSR count). The average Bonchev–Trinajstić information content (AvgIpc) is 3.20. The molecular formula is C19H26N8O4S. The minimum absolute atomic E-state index is 0.163. The fourth-order valence-corrected chi connectivity index (χ4v) is 4.94. The Morgan fingerprint density at radius 1 is 1.16 bits per heavy atom. The second kappa shape index (κ2) is 8.39. The highest BCUT2D eigenvalue weighted by atomic mass is 32.2. The Morgan fingerprint density at radius 2 is 1.88 bits per heavy atom. The second-order valence-electron chi connectivity index (χ2n) is 8.05. The molecule has 1 saturated heterocycles. The Labute approximate surface area is 186 Å². The van der Waals surface area contributed by atoms with Crippen molar-refractivity contribution in [1.29, 1.82) is 0 Å². The van der Waals surface area contributed by atoms with Gasteiger partial charge in [0.2, 0.25) is 11.9 Å². The molecule has 0 atom stereocenters. The van der Waals surface area contributed by atoms with E-state index in [1.807, 2.05) is 0 Å². The lowest BCUT2D eigenvalue weighted by molar-refractivity contribution is 0.102. The molecule has 2 aromatic heterocycles. The standard InChI is InChI=1S/C19H26N8O4S/c1-21-32(28,29)31-14-8-13(9-14)27-3-2-15-16(12-10-22-18(20)23-11-12)24-19(25-17(15)27)26-4-6-30-7-5-26/h10-11,13-14,21H,2-9H2,1H3,(H2,20,22,23). The number of fused-ring (bicyclic) bond motifs is 1. The maximum Gasteiger partial charge on any atom is 0.335 e. The van der Waals surface area contributed by atoms with Crippen LogP contribution in [0.25, 0.3) is 11.3 Å². The lowest BCUT2D eigenvalue weighted by Crippen LogP contribution is -2.49. The van der Waals surface area contributed by atoms with Gasteiger partial charge in [0.1, 0.15) is 5.82 Å². The van der Waals surface area contributed by atoms with Gasteiger partial charge in [0.05, 0.1) is 25.0 Å². The van der Waals surface area contributed by atoms with E-state index < -0.39 is 10.3 Å². The van der Waals surface area contributed by atoms with Crippen molar-refractivity contribution in [2.45, 2.75) is 31.4 Å². The molecule has 12 nitrogen and oxygen atoms in total. The minimum Gasteiger partial charge on any atom is -0.378 e. The van der Waals surface area contributed by atoms with Crippen molar-refractivity contribution >= 4 is 28.0 Å². The monoisotopic (exact) mass is 462 g/mol. The van der Waals surface area contributed by atoms with Crippen molar-refractivity contribution in [3.63, 3.8) is 0 Å². The number of rotatable bonds is 6. The van der Waals surface area contributed by atoms with E-state index in [0.29, 0.717) is 32.0 Å². The maximum atomic E-state index is 11.7. The first-order valence-electron chi connectivity index (χ1n) is 10.6. The van der Waals surface area contributed by atoms with Crippen LogP contribution in [0.5, 0.6) is 0 Å². The number of hydrogen-bond donors (Lipinski definition) is 2. The van der Waals surface area contributed by atoms with E-state index in [1.165, 1.54) is 7.05 Å². The average molecular weight is 463 g/mol. The van der Waals surface area contributed by atoms with Gasteiger partial charge < -0.3 is 20.3 Å². The summed E-state index contributed by atoms with van der Waals surface area (Å²) in [7, 11) is -2.35. The van der Waals surface area contributed by atoms with Gasteiger partial charge in [-0.2, -0.15) is 18.1 Å². The first-order chi connectivity index (χ1) is 15.4. The quantitative estimate of drug-likeness (QED) is 0.584. The lowest BCUT2D eigenvalue weighted by atomic mass is 9.88. The number of nitrogens with zero attached hydrogens (tertiary/aromatic N) is 6. The lowest BCUT2D eigenvalue weighted by Gasteiger charge is -2.41. The van der Waals surface area contributed by atoms with Crippen LogP contribution in [0.15, 0.2) is 12.4 Å². The number of morpholine rings is 1. The fourth-order valence-electron chi connectivity index (χ4n) is 4.32. The van der Waals surface area contributed by atoms with Crippen molar-refractivity contribution in [2.24, 2.45) is 0 Å². The first-order valence-corrected chi connectivity index (χ1v) is 12.0. The molecule has 2 aliphatic heterocycles. The van der Waals surface area contributed by atoms with Crippen molar-refractivity contribution in [2.75, 3.05) is 55.4 Å². The van der Waals surface area contributed by atoms with Gasteiger partial charge in [-0.25, -0.2) is 15.0 Å². The molecule has 3 aliphatic rings. The SMILES string of the molecule is CNS(=O)(=O)OC1CC(N2CCc3c(-c4cnc(N)nc4)nc(N4CCOCC4)nc32)C1. The number of ether oxygens (including phenoxy) is 1. The summed E-state index contributed by atoms with van der Waals surface area (Å²) in [6.45, 7) is 3.49. The van der Waals surface area contributed by atoms with Crippen LogP contribution in [0.3, 0.4) is 0 Å². The number of nitrogens with two attached hydrogens (primary N) is 1. The highest BCUT2D eigenvalue weighted by molar-refractivity contribution is 7.84. The minimum atomic E-state index is -3.69. The molecule has 0 amide bonds. The molecule has 0 radical (unpaired) electrons. The summed E-state index contributed by atoms with van der Waals surface area (Å²) in [5, 5.41) is 0. The van der Waals surface area contributed by atoms with Gasteiger partial charge in [-0.05, 0) is 19.3 Å². The molecule has 1 aliphatic carbocycles. The fraction of sp³-hybridized carbons (Fsp3) is 0.579. The van der Waals surface area contributed by atoms with Crippen LogP contribution < -0.4 is 20.3 Å². The molecule has 32 heavy (non-hydrogen) atoms. The molecular weight excluding hydrogens is 436 g/mol. The van der Waals surface area contributed by atoms with Crippen molar-refractivity contribution in [1.82, 2.24) is 24.7 Å². The van der Waals surface area contributed by atoms with Crippen LogP contribution in [0.2, 0.25) is 0 Å². The van der Waals surface area contributed by atoms with Gasteiger partial charge >= 0.3 is 10.3 Å². The van der Waals surface area contributed by atoms with E-state index in [4.69, 9.17) is 24.6 Å². The molecule has 4 heterocycles. The van der Waals surface area contributed by atoms with Crippen LogP contribution in [-0.2, 0) is 25.6 Å². The van der Waals surface area contributed by atoms with E-state index in [1.54, 1.807) is 12.4 Å². The van der Waals surface area contributed by atoms with Crippen LogP contribution in [0.1, 0.15) is 18.4 Å². The molecule has 2 aromatic rings. The number of nitrogens with one attached hydrogen (secondary N) is 1. The van der Waals surface area contributed by atoms with E-state index in [-0.39, 0.29) is 18.1 Å². The molecule has 0 bridgehead atoms. The Kier molecular flexibility index (Phi) is 5.57. The van der Waals surface area contributed by atoms with Gasteiger partial charge in [-0.15, -0.1) is 0 Å². The van der Waals surface area contributed by atoms with Gasteiger partial charge in [-0.3, -0.25) is 4.18 Å². The largest absolute Gasteiger partial charge is 0.378 e. The predicted octanol–water partition coefficient (Wildman–Crippen LogP) is -0.273. The zero-order valence-electron chi connectivity index (χ0n) is 17.8. The third kappa shape index (κ3) is 4.08. The van der Waals surface area contributed by atoms with Crippen molar-refractivity contribution < 1.29 is 17.3 Å². The smallest absolute Gasteiger partial charge is 0.335 e. The maximum absolute atomic E-state index is 11.7. The summed E-state index contributed by atoms with van der Waals surface area (Å²) >= 11 is 0. The highest BCUT2D eigenvalue weighted by Crippen LogP contribution is 2.40. The summed E-state index contributed by atoms with van der Waals surface area (Å²) < 4.78 is 36.2. The van der Waals surface area contributed by atoms with Crippen LogP contribution in [-0.4, -0.2) is 80.4 Å². The Balaban J connectivity index is 1.45. The predicted molar refractivity (Wildman–Crippen MR) is 117 cm³/mol. The molecule has 0 spiro atoms. The summed E-state index contributed by atoms with van der Waals surface area (Å²) in [6.07, 6.45) is 5.08. The highest BCUT2D eigenvalue weighted by Gasteiger charge is 2.41. The zero-order chi connectivity index (χ0) is 22.3. The molecule has 2 fully saturated rings. The van der Waals surface area contributed by atoms with Crippen LogP contribution in [0, 0.1) is 0 Å². The van der Waals surface area contributed by atoms with E-state index in [0.717, 1.165) is 48.7 Å². The number of nitrogen functional groups attached to an aromatic ring is 1. The van der Waals surface area contributed by atoms with Gasteiger partial charge in [0.15, 0.2) is 0 Å². The van der Waals surface area contributed by atoms with Gasteiger partial charge in [0.25, 0.3) is 0 Å². The molecule has 3 N–H and O–H groups in total.